The molecule has 10 heteroatoms. The first-order valence-electron chi connectivity index (χ1n) is 9.73. The first-order valence-corrected chi connectivity index (χ1v) is 11.1. The van der Waals surface area contributed by atoms with E-state index in [2.05, 4.69) is 10.2 Å². The number of nitro benzene ring substituents is 1. The van der Waals surface area contributed by atoms with Crippen LogP contribution in [0.15, 0.2) is 78.0 Å². The van der Waals surface area contributed by atoms with Gasteiger partial charge in [0.05, 0.1) is 23.3 Å². The zero-order chi connectivity index (χ0) is 23.4. The predicted octanol–water partition coefficient (Wildman–Crippen LogP) is 5.48. The molecule has 4 aromatic rings. The molecule has 1 aromatic heterocycles. The van der Waals surface area contributed by atoms with Crippen LogP contribution in [0.3, 0.4) is 0 Å². The second kappa shape index (κ2) is 9.85. The molecule has 0 saturated heterocycles. The van der Waals surface area contributed by atoms with Crippen LogP contribution in [0.4, 0.5) is 5.69 Å². The van der Waals surface area contributed by atoms with Crippen LogP contribution in [-0.2, 0) is 0 Å². The monoisotopic (exact) mass is 480 g/mol. The molecule has 33 heavy (non-hydrogen) atoms. The number of para-hydroxylation sites is 1. The largest absolute Gasteiger partial charge is 0.496 e. The number of nitrogens with zero attached hydrogens (tertiary/aromatic N) is 4. The molecule has 0 N–H and O–H groups in total. The van der Waals surface area contributed by atoms with Gasteiger partial charge in [0, 0.05) is 28.4 Å². The van der Waals surface area contributed by atoms with Crippen molar-refractivity contribution in [3.8, 4) is 22.8 Å². The number of non-ortho nitro benzene ring substituents is 1. The lowest BCUT2D eigenvalue weighted by Gasteiger charge is -2.12. The van der Waals surface area contributed by atoms with Crippen LogP contribution in [0.5, 0.6) is 5.75 Å². The van der Waals surface area contributed by atoms with E-state index in [4.69, 9.17) is 16.3 Å². The van der Waals surface area contributed by atoms with Gasteiger partial charge in [-0.3, -0.25) is 19.5 Å². The van der Waals surface area contributed by atoms with Gasteiger partial charge in [-0.25, -0.2) is 0 Å². The molecule has 0 aliphatic carbocycles. The summed E-state index contributed by atoms with van der Waals surface area (Å²) in [6.45, 7) is 0. The van der Waals surface area contributed by atoms with Crippen LogP contribution in [0.2, 0.25) is 5.02 Å². The van der Waals surface area contributed by atoms with Gasteiger partial charge in [-0.15, -0.1) is 10.2 Å². The van der Waals surface area contributed by atoms with Crippen LogP contribution in [0, 0.1) is 10.1 Å². The maximum Gasteiger partial charge on any atom is 0.270 e. The van der Waals surface area contributed by atoms with E-state index in [-0.39, 0.29) is 22.8 Å². The molecular weight excluding hydrogens is 464 g/mol. The maximum atomic E-state index is 12.7. The van der Waals surface area contributed by atoms with Gasteiger partial charge in [-0.05, 0) is 36.4 Å². The summed E-state index contributed by atoms with van der Waals surface area (Å²) in [6.07, 6.45) is 0. The van der Waals surface area contributed by atoms with Crippen molar-refractivity contribution < 1.29 is 14.5 Å². The molecule has 0 spiro atoms. The minimum absolute atomic E-state index is 0.0266. The Morgan fingerprint density at radius 1 is 1.09 bits per heavy atom. The molecule has 0 radical (unpaired) electrons. The lowest BCUT2D eigenvalue weighted by Crippen LogP contribution is -2.05. The topological polar surface area (TPSA) is 100 Å². The highest BCUT2D eigenvalue weighted by atomic mass is 35.5. The van der Waals surface area contributed by atoms with Crippen molar-refractivity contribution in [1.82, 2.24) is 14.8 Å². The lowest BCUT2D eigenvalue weighted by molar-refractivity contribution is -0.384. The van der Waals surface area contributed by atoms with E-state index in [1.807, 2.05) is 41.0 Å². The first-order chi connectivity index (χ1) is 16.0. The summed E-state index contributed by atoms with van der Waals surface area (Å²) < 4.78 is 7.31. The molecule has 3 aromatic carbocycles. The van der Waals surface area contributed by atoms with E-state index >= 15 is 0 Å². The Morgan fingerprint density at radius 3 is 2.58 bits per heavy atom. The van der Waals surface area contributed by atoms with E-state index in [9.17, 15) is 14.9 Å². The number of benzene rings is 3. The number of carbonyl (C=O) groups excluding carboxylic acids is 1. The van der Waals surface area contributed by atoms with Gasteiger partial charge < -0.3 is 4.74 Å². The van der Waals surface area contributed by atoms with E-state index in [0.29, 0.717) is 21.8 Å². The van der Waals surface area contributed by atoms with Crippen molar-refractivity contribution in [2.75, 3.05) is 12.9 Å². The molecule has 0 unspecified atom stereocenters. The molecule has 1 heterocycles. The Labute approximate surface area is 198 Å². The van der Waals surface area contributed by atoms with Crippen LogP contribution in [0.1, 0.15) is 10.4 Å². The summed E-state index contributed by atoms with van der Waals surface area (Å²) >= 11 is 7.25. The summed E-state index contributed by atoms with van der Waals surface area (Å²) in [5, 5.41) is 20.8. The molecule has 166 valence electrons. The summed E-state index contributed by atoms with van der Waals surface area (Å²) in [7, 11) is 1.58. The Balaban J connectivity index is 1.69. The van der Waals surface area contributed by atoms with Gasteiger partial charge in [0.2, 0.25) is 0 Å². The van der Waals surface area contributed by atoms with Crippen LogP contribution < -0.4 is 4.74 Å². The van der Waals surface area contributed by atoms with Gasteiger partial charge in [-0.1, -0.05) is 47.6 Å². The van der Waals surface area contributed by atoms with Gasteiger partial charge in [-0.2, -0.15) is 0 Å². The van der Waals surface area contributed by atoms with Gasteiger partial charge in [0.15, 0.2) is 16.8 Å². The molecular formula is C23H17ClN4O4S. The molecule has 4 rings (SSSR count). The average Bonchev–Trinajstić information content (AvgIpc) is 3.26. The molecule has 0 fully saturated rings. The number of rotatable bonds is 8. The molecule has 0 amide bonds. The molecule has 0 aliphatic heterocycles. The zero-order valence-corrected chi connectivity index (χ0v) is 18.9. The highest BCUT2D eigenvalue weighted by molar-refractivity contribution is 7.99. The van der Waals surface area contributed by atoms with Gasteiger partial charge >= 0.3 is 0 Å². The second-order valence-corrected chi connectivity index (χ2v) is 8.22. The first kappa shape index (κ1) is 22.5. The summed E-state index contributed by atoms with van der Waals surface area (Å²) in [5.74, 6) is 0.941. The van der Waals surface area contributed by atoms with Gasteiger partial charge in [0.25, 0.3) is 5.69 Å². The highest BCUT2D eigenvalue weighted by Gasteiger charge is 2.20. The summed E-state index contributed by atoms with van der Waals surface area (Å²) in [6, 6.07) is 20.3. The molecule has 0 aliphatic rings. The smallest absolute Gasteiger partial charge is 0.270 e. The number of aromatic nitrogens is 3. The minimum Gasteiger partial charge on any atom is -0.496 e. The lowest BCUT2D eigenvalue weighted by atomic mass is 10.1. The number of hydrogen-bond acceptors (Lipinski definition) is 7. The molecule has 0 bridgehead atoms. The maximum absolute atomic E-state index is 12.7. The van der Waals surface area contributed by atoms with Gasteiger partial charge in [0.1, 0.15) is 5.75 Å². The molecule has 0 atom stereocenters. The van der Waals surface area contributed by atoms with Crippen molar-refractivity contribution in [3.05, 3.63) is 93.5 Å². The number of halogens is 1. The number of nitro groups is 1. The fourth-order valence-electron chi connectivity index (χ4n) is 3.20. The second-order valence-electron chi connectivity index (χ2n) is 6.84. The Morgan fingerprint density at radius 2 is 1.85 bits per heavy atom. The van der Waals surface area contributed by atoms with E-state index < -0.39 is 4.92 Å². The van der Waals surface area contributed by atoms with E-state index in [1.54, 1.807) is 25.3 Å². The van der Waals surface area contributed by atoms with Crippen molar-refractivity contribution in [3.63, 3.8) is 0 Å². The Hall–Kier alpha value is -3.69. The molecule has 8 nitrogen and oxygen atoms in total. The summed E-state index contributed by atoms with van der Waals surface area (Å²) in [5.41, 5.74) is 1.63. The van der Waals surface area contributed by atoms with Crippen molar-refractivity contribution in [1.29, 1.82) is 0 Å². The van der Waals surface area contributed by atoms with Crippen molar-refractivity contribution in [2.45, 2.75) is 5.16 Å². The third kappa shape index (κ3) is 4.89. The zero-order valence-electron chi connectivity index (χ0n) is 17.3. The third-order valence-corrected chi connectivity index (χ3v) is 5.96. The quantitative estimate of drug-likeness (QED) is 0.142. The van der Waals surface area contributed by atoms with Crippen molar-refractivity contribution >= 4 is 34.8 Å². The van der Waals surface area contributed by atoms with Crippen LogP contribution in [-0.4, -0.2) is 38.3 Å². The van der Waals surface area contributed by atoms with E-state index in [0.717, 1.165) is 11.3 Å². The number of methoxy groups -OCH3 is 1. The number of ether oxygens (including phenoxy) is 1. The minimum atomic E-state index is -0.527. The normalized spacial score (nSPS) is 10.7. The van der Waals surface area contributed by atoms with Crippen molar-refractivity contribution in [2.24, 2.45) is 0 Å². The fourth-order valence-corrected chi connectivity index (χ4v) is 4.17. The number of carbonyl (C=O) groups is 1. The molecule has 0 saturated carbocycles. The number of ketones is 1. The Kier molecular flexibility index (Phi) is 6.71. The predicted molar refractivity (Wildman–Crippen MR) is 127 cm³/mol. The van der Waals surface area contributed by atoms with Crippen LogP contribution in [0.25, 0.3) is 17.1 Å². The number of hydrogen-bond donors (Lipinski definition) is 0. The average molecular weight is 481 g/mol. The Bertz CT molecular complexity index is 1320. The van der Waals surface area contributed by atoms with E-state index in [1.165, 1.54) is 30.0 Å². The fraction of sp³-hybridized carbons (Fsp3) is 0.0870. The number of Topliss-reactive ketones (excluding diaryl/α,β-unsaturated/α-hetero) is 1. The standard InChI is InChI=1S/C23H17ClN4O4S/c1-32-21-8-3-2-7-19(21)22-25-26-23(27(22)17-11-9-16(24)10-12-17)33-14-20(29)15-5-4-6-18(13-15)28(30)31/h2-13H,14H2,1H3. The number of thioether (sulfide) groups is 1. The van der Waals surface area contributed by atoms with Crippen LogP contribution >= 0.6 is 23.4 Å². The summed E-state index contributed by atoms with van der Waals surface area (Å²) in [4.78, 5) is 23.2. The third-order valence-electron chi connectivity index (χ3n) is 4.78. The highest BCUT2D eigenvalue weighted by Crippen LogP contribution is 2.33. The SMILES string of the molecule is COc1ccccc1-c1nnc(SCC(=O)c2cccc([N+](=O)[O-])c2)n1-c1ccc(Cl)cc1.